The SMILES string of the molecule is COC(C)[C@H](C)NC(=O)c1ccccc1SCc1occc1C(=O)O. The van der Waals surface area contributed by atoms with Crippen LogP contribution in [0.5, 0.6) is 0 Å². The van der Waals surface area contributed by atoms with Gasteiger partial charge in [-0.15, -0.1) is 11.8 Å². The number of ether oxygens (including phenoxy) is 1. The van der Waals surface area contributed by atoms with E-state index in [1.54, 1.807) is 19.2 Å². The van der Waals surface area contributed by atoms with E-state index in [1.165, 1.54) is 24.1 Å². The number of nitrogens with one attached hydrogen (secondary N) is 1. The molecule has 1 amide bonds. The second-order valence-corrected chi connectivity index (χ2v) is 6.57. The minimum absolute atomic E-state index is 0.106. The van der Waals surface area contributed by atoms with Gasteiger partial charge in [0, 0.05) is 12.0 Å². The number of carbonyl (C=O) groups is 2. The molecule has 0 aliphatic carbocycles. The van der Waals surface area contributed by atoms with Crippen LogP contribution >= 0.6 is 11.8 Å². The Morgan fingerprint density at radius 2 is 1.96 bits per heavy atom. The summed E-state index contributed by atoms with van der Waals surface area (Å²) >= 11 is 1.36. The second kappa shape index (κ2) is 8.73. The standard InChI is InChI=1S/C18H21NO5S/c1-11(12(2)23-3)19-17(20)14-6-4-5-7-16(14)25-10-15-13(18(21)22)8-9-24-15/h4-9,11-12H,10H2,1-3H3,(H,19,20)(H,21,22)/t11-,12?/m0/s1. The van der Waals surface area contributed by atoms with Gasteiger partial charge < -0.3 is 19.6 Å². The molecule has 0 saturated heterocycles. The molecule has 1 unspecified atom stereocenters. The predicted octanol–water partition coefficient (Wildman–Crippen LogP) is 3.42. The first-order valence-corrected chi connectivity index (χ1v) is 8.77. The molecular formula is C18H21NO5S. The maximum absolute atomic E-state index is 12.5. The van der Waals surface area contributed by atoms with Crippen molar-refractivity contribution in [1.82, 2.24) is 5.32 Å². The molecule has 134 valence electrons. The van der Waals surface area contributed by atoms with Crippen LogP contribution in [0.2, 0.25) is 0 Å². The topological polar surface area (TPSA) is 88.8 Å². The lowest BCUT2D eigenvalue weighted by molar-refractivity contribution is 0.0694. The predicted molar refractivity (Wildman–Crippen MR) is 95.1 cm³/mol. The largest absolute Gasteiger partial charge is 0.478 e. The number of hydrogen-bond donors (Lipinski definition) is 2. The van der Waals surface area contributed by atoms with Crippen LogP contribution in [0, 0.1) is 0 Å². The zero-order chi connectivity index (χ0) is 18.4. The summed E-state index contributed by atoms with van der Waals surface area (Å²) < 4.78 is 10.5. The minimum atomic E-state index is -1.03. The number of benzene rings is 1. The lowest BCUT2D eigenvalue weighted by Crippen LogP contribution is -2.40. The number of carboxylic acids is 1. The highest BCUT2D eigenvalue weighted by Gasteiger charge is 2.19. The Hall–Kier alpha value is -2.25. The van der Waals surface area contributed by atoms with Crippen molar-refractivity contribution in [2.75, 3.05) is 7.11 Å². The average Bonchev–Trinajstić information content (AvgIpc) is 3.08. The van der Waals surface area contributed by atoms with Crippen molar-refractivity contribution in [3.63, 3.8) is 0 Å². The van der Waals surface area contributed by atoms with E-state index in [0.717, 1.165) is 4.90 Å². The molecule has 0 bridgehead atoms. The van der Waals surface area contributed by atoms with Gasteiger partial charge >= 0.3 is 5.97 Å². The highest BCUT2D eigenvalue weighted by molar-refractivity contribution is 7.98. The Kier molecular flexibility index (Phi) is 6.66. The van der Waals surface area contributed by atoms with Crippen molar-refractivity contribution in [3.05, 3.63) is 53.5 Å². The number of amides is 1. The van der Waals surface area contributed by atoms with Gasteiger partial charge in [-0.2, -0.15) is 0 Å². The highest BCUT2D eigenvalue weighted by atomic mass is 32.2. The zero-order valence-electron chi connectivity index (χ0n) is 14.3. The summed E-state index contributed by atoms with van der Waals surface area (Å²) in [6, 6.07) is 8.47. The molecule has 1 aromatic carbocycles. The molecule has 2 rings (SSSR count). The quantitative estimate of drug-likeness (QED) is 0.699. The van der Waals surface area contributed by atoms with E-state index < -0.39 is 5.97 Å². The van der Waals surface area contributed by atoms with Crippen LogP contribution in [0.4, 0.5) is 0 Å². The van der Waals surface area contributed by atoms with Crippen LogP contribution < -0.4 is 5.32 Å². The first kappa shape index (κ1) is 19.1. The van der Waals surface area contributed by atoms with Gasteiger partial charge in [0.15, 0.2) is 0 Å². The molecule has 1 heterocycles. The Morgan fingerprint density at radius 3 is 2.64 bits per heavy atom. The fourth-order valence-electron chi connectivity index (χ4n) is 2.17. The van der Waals surface area contributed by atoms with Crippen molar-refractivity contribution >= 4 is 23.6 Å². The number of hydrogen-bond acceptors (Lipinski definition) is 5. The third kappa shape index (κ3) is 4.87. The molecule has 6 nitrogen and oxygen atoms in total. The van der Waals surface area contributed by atoms with E-state index in [9.17, 15) is 9.59 Å². The summed E-state index contributed by atoms with van der Waals surface area (Å²) in [5.41, 5.74) is 0.669. The van der Waals surface area contributed by atoms with Gasteiger partial charge in [-0.1, -0.05) is 12.1 Å². The molecule has 0 aliphatic rings. The highest BCUT2D eigenvalue weighted by Crippen LogP contribution is 2.28. The molecule has 0 saturated carbocycles. The summed E-state index contributed by atoms with van der Waals surface area (Å²) in [6.45, 7) is 3.76. The summed E-state index contributed by atoms with van der Waals surface area (Å²) in [7, 11) is 1.60. The van der Waals surface area contributed by atoms with Crippen LogP contribution in [0.15, 0.2) is 45.9 Å². The van der Waals surface area contributed by atoms with Crippen LogP contribution in [-0.2, 0) is 10.5 Å². The molecule has 25 heavy (non-hydrogen) atoms. The first-order valence-electron chi connectivity index (χ1n) is 7.79. The van der Waals surface area contributed by atoms with Crippen molar-refractivity contribution in [2.45, 2.75) is 36.6 Å². The van der Waals surface area contributed by atoms with E-state index in [2.05, 4.69) is 5.32 Å². The third-order valence-electron chi connectivity index (χ3n) is 3.90. The molecule has 1 aromatic heterocycles. The molecule has 2 N–H and O–H groups in total. The Bertz CT molecular complexity index is 743. The summed E-state index contributed by atoms with van der Waals surface area (Å²) in [6.07, 6.45) is 1.25. The summed E-state index contributed by atoms with van der Waals surface area (Å²) in [5, 5.41) is 12.0. The maximum atomic E-state index is 12.5. The van der Waals surface area contributed by atoms with Gasteiger partial charge in [0.25, 0.3) is 5.91 Å². The number of rotatable bonds is 8. The number of methoxy groups -OCH3 is 1. The van der Waals surface area contributed by atoms with Gasteiger partial charge in [-0.05, 0) is 32.0 Å². The van der Waals surface area contributed by atoms with E-state index in [4.69, 9.17) is 14.3 Å². The Balaban J connectivity index is 2.11. The smallest absolute Gasteiger partial charge is 0.339 e. The van der Waals surface area contributed by atoms with Crippen LogP contribution in [-0.4, -0.2) is 36.2 Å². The van der Waals surface area contributed by atoms with Crippen LogP contribution in [0.1, 0.15) is 40.3 Å². The first-order chi connectivity index (χ1) is 11.9. The molecule has 7 heteroatoms. The van der Waals surface area contributed by atoms with Gasteiger partial charge in [-0.3, -0.25) is 4.79 Å². The molecule has 0 radical (unpaired) electrons. The van der Waals surface area contributed by atoms with Crippen molar-refractivity contribution in [1.29, 1.82) is 0 Å². The minimum Gasteiger partial charge on any atom is -0.478 e. The lowest BCUT2D eigenvalue weighted by atomic mass is 10.1. The molecule has 0 aliphatic heterocycles. The Morgan fingerprint density at radius 1 is 1.24 bits per heavy atom. The van der Waals surface area contributed by atoms with Gasteiger partial charge in [0.1, 0.15) is 11.3 Å². The Labute approximate surface area is 150 Å². The molecule has 2 atom stereocenters. The molecule has 0 spiro atoms. The van der Waals surface area contributed by atoms with E-state index in [1.807, 2.05) is 26.0 Å². The van der Waals surface area contributed by atoms with Crippen molar-refractivity contribution < 1.29 is 23.8 Å². The molecule has 0 fully saturated rings. The fraction of sp³-hybridized carbons (Fsp3) is 0.333. The van der Waals surface area contributed by atoms with Gasteiger partial charge in [0.05, 0.1) is 29.7 Å². The van der Waals surface area contributed by atoms with E-state index >= 15 is 0 Å². The van der Waals surface area contributed by atoms with Crippen molar-refractivity contribution in [3.8, 4) is 0 Å². The van der Waals surface area contributed by atoms with Gasteiger partial charge in [0.2, 0.25) is 0 Å². The number of aromatic carboxylic acids is 1. The third-order valence-corrected chi connectivity index (χ3v) is 4.97. The number of furan rings is 1. The van der Waals surface area contributed by atoms with E-state index in [-0.39, 0.29) is 23.6 Å². The fourth-order valence-corrected chi connectivity index (χ4v) is 3.17. The summed E-state index contributed by atoms with van der Waals surface area (Å²) in [5.74, 6) is -0.535. The number of carboxylic acid groups (broad SMARTS) is 1. The average molecular weight is 363 g/mol. The van der Waals surface area contributed by atoms with Gasteiger partial charge in [-0.25, -0.2) is 4.79 Å². The molecular weight excluding hydrogens is 342 g/mol. The number of carbonyl (C=O) groups excluding carboxylic acids is 1. The monoisotopic (exact) mass is 363 g/mol. The lowest BCUT2D eigenvalue weighted by Gasteiger charge is -2.20. The maximum Gasteiger partial charge on any atom is 0.339 e. The van der Waals surface area contributed by atoms with Crippen molar-refractivity contribution in [2.24, 2.45) is 0 Å². The second-order valence-electron chi connectivity index (χ2n) is 5.55. The van der Waals surface area contributed by atoms with E-state index in [0.29, 0.717) is 17.1 Å². The number of thioether (sulfide) groups is 1. The zero-order valence-corrected chi connectivity index (χ0v) is 15.1. The summed E-state index contributed by atoms with van der Waals surface area (Å²) in [4.78, 5) is 24.4. The van der Waals surface area contributed by atoms with Crippen LogP contribution in [0.3, 0.4) is 0 Å². The van der Waals surface area contributed by atoms with Crippen LogP contribution in [0.25, 0.3) is 0 Å². The normalized spacial score (nSPS) is 13.2. The molecule has 2 aromatic rings.